The van der Waals surface area contributed by atoms with Gasteiger partial charge in [-0.1, -0.05) is 6.07 Å². The molecule has 0 atom stereocenters. The summed E-state index contributed by atoms with van der Waals surface area (Å²) in [5, 5.41) is 3.15. The minimum atomic E-state index is -0.453. The molecule has 7 nitrogen and oxygen atoms in total. The SMILES string of the molecule is Cc1cc(-c2nc(Nc3ccc(C4CCN(C)CC4)cn3)ncc2F)cc2c1nc1n2C(C)(C)CC1. The summed E-state index contributed by atoms with van der Waals surface area (Å²) in [5.41, 5.74) is 5.25. The first-order valence-electron chi connectivity index (χ1n) is 12.8. The second-order valence-electron chi connectivity index (χ2n) is 10.9. The lowest BCUT2D eigenvalue weighted by atomic mass is 9.91. The van der Waals surface area contributed by atoms with Crippen molar-refractivity contribution in [3.8, 4) is 11.3 Å². The molecular weight excluding hydrogens is 453 g/mol. The van der Waals surface area contributed by atoms with Gasteiger partial charge in [0, 0.05) is 23.7 Å². The van der Waals surface area contributed by atoms with Crippen LogP contribution in [0.15, 0.2) is 36.7 Å². The Kier molecular flexibility index (Phi) is 5.52. The minimum Gasteiger partial charge on any atom is -0.322 e. The highest BCUT2D eigenvalue weighted by Crippen LogP contribution is 2.38. The van der Waals surface area contributed by atoms with Gasteiger partial charge in [-0.2, -0.15) is 0 Å². The number of piperidine rings is 1. The molecule has 0 unspecified atom stereocenters. The normalized spacial score (nSPS) is 18.0. The number of benzene rings is 1. The number of imidazole rings is 1. The molecule has 3 aromatic heterocycles. The maximum atomic E-state index is 15.0. The molecule has 0 spiro atoms. The van der Waals surface area contributed by atoms with E-state index in [1.54, 1.807) is 0 Å². The fourth-order valence-electron chi connectivity index (χ4n) is 5.71. The van der Waals surface area contributed by atoms with E-state index in [0.29, 0.717) is 17.7 Å². The van der Waals surface area contributed by atoms with Gasteiger partial charge in [0.15, 0.2) is 5.82 Å². The van der Waals surface area contributed by atoms with Gasteiger partial charge < -0.3 is 14.8 Å². The maximum absolute atomic E-state index is 15.0. The Morgan fingerprint density at radius 1 is 1.06 bits per heavy atom. The van der Waals surface area contributed by atoms with Gasteiger partial charge in [0.1, 0.15) is 17.3 Å². The third-order valence-electron chi connectivity index (χ3n) is 7.82. The van der Waals surface area contributed by atoms with E-state index in [9.17, 15) is 4.39 Å². The molecule has 1 fully saturated rings. The third-order valence-corrected chi connectivity index (χ3v) is 7.82. The fourth-order valence-corrected chi connectivity index (χ4v) is 5.71. The van der Waals surface area contributed by atoms with Crippen molar-refractivity contribution in [2.45, 2.75) is 57.9 Å². The summed E-state index contributed by atoms with van der Waals surface area (Å²) in [6.45, 7) is 8.70. The lowest BCUT2D eigenvalue weighted by molar-refractivity contribution is 0.255. The van der Waals surface area contributed by atoms with Gasteiger partial charge in [-0.15, -0.1) is 0 Å². The number of hydrogen-bond donors (Lipinski definition) is 1. The smallest absolute Gasteiger partial charge is 0.229 e. The fraction of sp³-hybridized carbons (Fsp3) is 0.429. The number of aryl methyl sites for hydroxylation is 2. The monoisotopic (exact) mass is 485 g/mol. The zero-order valence-corrected chi connectivity index (χ0v) is 21.3. The van der Waals surface area contributed by atoms with Crippen LogP contribution in [0.25, 0.3) is 22.3 Å². The molecule has 36 heavy (non-hydrogen) atoms. The molecule has 2 aliphatic heterocycles. The molecule has 0 amide bonds. The Labute approximate surface area is 210 Å². The van der Waals surface area contributed by atoms with Gasteiger partial charge in [-0.25, -0.2) is 24.3 Å². The highest BCUT2D eigenvalue weighted by Gasteiger charge is 2.32. The van der Waals surface area contributed by atoms with Crippen LogP contribution in [-0.4, -0.2) is 49.5 Å². The zero-order chi connectivity index (χ0) is 25.0. The highest BCUT2D eigenvalue weighted by molar-refractivity contribution is 5.86. The molecule has 8 heteroatoms. The van der Waals surface area contributed by atoms with Crippen LogP contribution in [0.3, 0.4) is 0 Å². The van der Waals surface area contributed by atoms with Crippen molar-refractivity contribution >= 4 is 22.8 Å². The molecule has 6 rings (SSSR count). The molecule has 0 aliphatic carbocycles. The summed E-state index contributed by atoms with van der Waals surface area (Å²) in [6.07, 6.45) is 7.46. The number of aromatic nitrogens is 5. The first kappa shape index (κ1) is 23.0. The molecule has 1 N–H and O–H groups in total. The van der Waals surface area contributed by atoms with Crippen LogP contribution >= 0.6 is 0 Å². The van der Waals surface area contributed by atoms with Gasteiger partial charge in [-0.3, -0.25) is 0 Å². The minimum absolute atomic E-state index is 0.0164. The first-order chi connectivity index (χ1) is 17.3. The number of likely N-dealkylation sites (tertiary alicyclic amines) is 1. The Morgan fingerprint density at radius 2 is 1.86 bits per heavy atom. The van der Waals surface area contributed by atoms with E-state index in [0.717, 1.165) is 66.8 Å². The highest BCUT2D eigenvalue weighted by atomic mass is 19.1. The number of rotatable bonds is 4. The topological polar surface area (TPSA) is 71.8 Å². The predicted molar refractivity (Wildman–Crippen MR) is 140 cm³/mol. The second-order valence-corrected chi connectivity index (χ2v) is 10.9. The summed E-state index contributed by atoms with van der Waals surface area (Å²) in [6, 6.07) is 8.04. The quantitative estimate of drug-likeness (QED) is 0.407. The summed E-state index contributed by atoms with van der Waals surface area (Å²) in [7, 11) is 2.17. The van der Waals surface area contributed by atoms with Gasteiger partial charge in [0.25, 0.3) is 0 Å². The number of fused-ring (bicyclic) bond motifs is 3. The first-order valence-corrected chi connectivity index (χ1v) is 12.8. The van der Waals surface area contributed by atoms with E-state index >= 15 is 0 Å². The summed E-state index contributed by atoms with van der Waals surface area (Å²) < 4.78 is 17.3. The van der Waals surface area contributed by atoms with Crippen LogP contribution in [0.4, 0.5) is 16.2 Å². The van der Waals surface area contributed by atoms with Gasteiger partial charge in [0.05, 0.1) is 17.2 Å². The van der Waals surface area contributed by atoms with Crippen molar-refractivity contribution < 1.29 is 4.39 Å². The third kappa shape index (κ3) is 4.03. The standard InChI is InChI=1S/C28H32FN7/c1-17-13-20(14-22-25(17)33-24-7-10-28(2,3)36(22)24)26-21(29)16-31-27(34-26)32-23-6-5-19(15-30-23)18-8-11-35(4)12-9-18/h5-6,13-16,18H,7-12H2,1-4H3,(H,30,31,32,34). The second kappa shape index (κ2) is 8.62. The van der Waals surface area contributed by atoms with Gasteiger partial charge in [0.2, 0.25) is 5.95 Å². The van der Waals surface area contributed by atoms with E-state index in [1.807, 2.05) is 31.3 Å². The van der Waals surface area contributed by atoms with Crippen LogP contribution < -0.4 is 5.32 Å². The van der Waals surface area contributed by atoms with Crippen LogP contribution in [0.2, 0.25) is 0 Å². The number of pyridine rings is 1. The number of nitrogens with zero attached hydrogens (tertiary/aromatic N) is 6. The van der Waals surface area contributed by atoms with E-state index in [2.05, 4.69) is 56.7 Å². The van der Waals surface area contributed by atoms with Gasteiger partial charge >= 0.3 is 0 Å². The molecule has 0 bridgehead atoms. The van der Waals surface area contributed by atoms with E-state index in [1.165, 1.54) is 11.8 Å². The molecule has 2 aliphatic rings. The van der Waals surface area contributed by atoms with Gasteiger partial charge in [-0.05, 0) is 95.4 Å². The molecule has 1 aromatic carbocycles. The molecular formula is C28H32FN7. The van der Waals surface area contributed by atoms with Crippen molar-refractivity contribution in [1.29, 1.82) is 0 Å². The maximum Gasteiger partial charge on any atom is 0.229 e. The molecule has 0 saturated carbocycles. The molecule has 186 valence electrons. The predicted octanol–water partition coefficient (Wildman–Crippen LogP) is 5.57. The van der Waals surface area contributed by atoms with Crippen molar-refractivity contribution in [1.82, 2.24) is 29.4 Å². The molecule has 0 radical (unpaired) electrons. The van der Waals surface area contributed by atoms with Crippen molar-refractivity contribution in [2.75, 3.05) is 25.5 Å². The van der Waals surface area contributed by atoms with E-state index in [-0.39, 0.29) is 11.2 Å². The molecule has 5 heterocycles. The average Bonchev–Trinajstić information content (AvgIpc) is 3.39. The van der Waals surface area contributed by atoms with Crippen LogP contribution in [0.1, 0.15) is 56.0 Å². The molecule has 4 aromatic rings. The average molecular weight is 486 g/mol. The molecule has 1 saturated heterocycles. The van der Waals surface area contributed by atoms with Crippen LogP contribution in [-0.2, 0) is 12.0 Å². The van der Waals surface area contributed by atoms with Crippen molar-refractivity contribution in [3.05, 3.63) is 59.4 Å². The Morgan fingerprint density at radius 3 is 2.61 bits per heavy atom. The number of hydrogen-bond acceptors (Lipinski definition) is 6. The van der Waals surface area contributed by atoms with Crippen molar-refractivity contribution in [3.63, 3.8) is 0 Å². The van der Waals surface area contributed by atoms with Crippen LogP contribution in [0, 0.1) is 12.7 Å². The van der Waals surface area contributed by atoms with E-state index in [4.69, 9.17) is 4.98 Å². The summed E-state index contributed by atoms with van der Waals surface area (Å²) >= 11 is 0. The number of nitrogens with one attached hydrogen (secondary N) is 1. The number of anilines is 2. The summed E-state index contributed by atoms with van der Waals surface area (Å²) in [4.78, 5) is 20.6. The largest absolute Gasteiger partial charge is 0.322 e. The lowest BCUT2D eigenvalue weighted by Gasteiger charge is -2.29. The van der Waals surface area contributed by atoms with E-state index < -0.39 is 5.82 Å². The van der Waals surface area contributed by atoms with Crippen LogP contribution in [0.5, 0.6) is 0 Å². The Hall–Kier alpha value is -3.39. The lowest BCUT2D eigenvalue weighted by Crippen LogP contribution is -2.29. The Balaban J connectivity index is 1.29. The Bertz CT molecular complexity index is 1430. The number of halogens is 1. The van der Waals surface area contributed by atoms with Crippen molar-refractivity contribution in [2.24, 2.45) is 0 Å². The summed E-state index contributed by atoms with van der Waals surface area (Å²) in [5.74, 6) is 2.15. The zero-order valence-electron chi connectivity index (χ0n) is 21.3.